The molecule has 1 aliphatic heterocycles. The highest BCUT2D eigenvalue weighted by atomic mass is 127. The molecule has 1 saturated heterocycles. The van der Waals surface area contributed by atoms with Crippen molar-refractivity contribution in [2.75, 3.05) is 47.1 Å². The second kappa shape index (κ2) is 12.2. The Morgan fingerprint density at radius 1 is 1.33 bits per heavy atom. The number of aliphatic imine (C=N–C) groups is 1. The van der Waals surface area contributed by atoms with Crippen LogP contribution in [0.3, 0.4) is 0 Å². The van der Waals surface area contributed by atoms with Crippen molar-refractivity contribution in [3.63, 3.8) is 0 Å². The molecule has 1 aliphatic rings. The third-order valence-corrected chi connectivity index (χ3v) is 4.67. The van der Waals surface area contributed by atoms with E-state index < -0.39 is 0 Å². The van der Waals surface area contributed by atoms with Gasteiger partial charge in [0.1, 0.15) is 0 Å². The minimum atomic E-state index is -0.0192. The summed E-state index contributed by atoms with van der Waals surface area (Å²) < 4.78 is 16.5. The molecule has 154 valence electrons. The van der Waals surface area contributed by atoms with E-state index in [4.69, 9.17) is 14.2 Å². The summed E-state index contributed by atoms with van der Waals surface area (Å²) in [7, 11) is 3.38. The van der Waals surface area contributed by atoms with Crippen LogP contribution in [0.1, 0.15) is 25.3 Å². The van der Waals surface area contributed by atoms with Crippen LogP contribution in [0, 0.1) is 5.41 Å². The van der Waals surface area contributed by atoms with E-state index in [0.717, 1.165) is 49.0 Å². The molecule has 0 amide bonds. The van der Waals surface area contributed by atoms with Crippen LogP contribution in [0.4, 0.5) is 0 Å². The van der Waals surface area contributed by atoms with Crippen molar-refractivity contribution in [2.24, 2.45) is 10.4 Å². The zero-order valence-corrected chi connectivity index (χ0v) is 18.7. The number of nitrogens with zero attached hydrogens (tertiary/aromatic N) is 1. The summed E-state index contributed by atoms with van der Waals surface area (Å²) in [6.45, 7) is 5.47. The van der Waals surface area contributed by atoms with Crippen LogP contribution in [0.2, 0.25) is 0 Å². The molecule has 1 unspecified atom stereocenters. The normalized spacial score (nSPS) is 19.3. The summed E-state index contributed by atoms with van der Waals surface area (Å²) in [5, 5.41) is 16.0. The van der Waals surface area contributed by atoms with Crippen molar-refractivity contribution < 1.29 is 19.3 Å². The predicted molar refractivity (Wildman–Crippen MR) is 117 cm³/mol. The maximum absolute atomic E-state index is 9.33. The lowest BCUT2D eigenvalue weighted by Gasteiger charge is -2.27. The molecule has 1 fully saturated rings. The molecule has 0 spiro atoms. The van der Waals surface area contributed by atoms with E-state index in [-0.39, 0.29) is 36.0 Å². The molecule has 8 heteroatoms. The van der Waals surface area contributed by atoms with Crippen LogP contribution in [0.25, 0.3) is 0 Å². The molecule has 0 bridgehead atoms. The van der Waals surface area contributed by atoms with Crippen LogP contribution in [0.15, 0.2) is 23.2 Å². The fraction of sp³-hybridized carbons (Fsp3) is 0.632. The lowest BCUT2D eigenvalue weighted by Crippen LogP contribution is -2.44. The van der Waals surface area contributed by atoms with Gasteiger partial charge in [-0.25, -0.2) is 0 Å². The van der Waals surface area contributed by atoms with Gasteiger partial charge < -0.3 is 30.0 Å². The van der Waals surface area contributed by atoms with E-state index in [2.05, 4.69) is 15.6 Å². The molecule has 2 rings (SSSR count). The Morgan fingerprint density at radius 3 is 2.74 bits per heavy atom. The van der Waals surface area contributed by atoms with Gasteiger partial charge in [0.25, 0.3) is 0 Å². The number of methoxy groups -OCH3 is 1. The summed E-state index contributed by atoms with van der Waals surface area (Å²) in [5.74, 6) is 2.19. The van der Waals surface area contributed by atoms with Gasteiger partial charge in [0.05, 0.1) is 20.3 Å². The summed E-state index contributed by atoms with van der Waals surface area (Å²) in [5.41, 5.74) is 1.06. The maximum atomic E-state index is 9.33. The van der Waals surface area contributed by atoms with Crippen LogP contribution < -0.4 is 20.1 Å². The highest BCUT2D eigenvalue weighted by Crippen LogP contribution is 2.31. The van der Waals surface area contributed by atoms with Gasteiger partial charge in [0.15, 0.2) is 17.5 Å². The summed E-state index contributed by atoms with van der Waals surface area (Å²) in [6, 6.07) is 5.88. The molecule has 1 aromatic rings. The predicted octanol–water partition coefficient (Wildman–Crippen LogP) is 2.17. The van der Waals surface area contributed by atoms with E-state index in [1.54, 1.807) is 14.2 Å². The Kier molecular flexibility index (Phi) is 10.8. The fourth-order valence-corrected chi connectivity index (χ4v) is 3.09. The molecule has 0 aromatic heterocycles. The van der Waals surface area contributed by atoms with Gasteiger partial charge in [0, 0.05) is 38.8 Å². The Labute approximate surface area is 178 Å². The monoisotopic (exact) mass is 493 g/mol. The quantitative estimate of drug-likeness (QED) is 0.278. The van der Waals surface area contributed by atoms with E-state index in [1.807, 2.05) is 25.1 Å². The molecule has 1 heterocycles. The van der Waals surface area contributed by atoms with Crippen molar-refractivity contribution in [1.82, 2.24) is 10.6 Å². The van der Waals surface area contributed by atoms with E-state index in [1.165, 1.54) is 0 Å². The molecule has 0 aliphatic carbocycles. The molecule has 1 atom stereocenters. The standard InChI is InChI=1S/C19H31N3O4.HI/c1-4-26-17-11-15(5-6-16(17)24-3)12-21-18(20-2)22-13-19(7-9-23)8-10-25-14-19;/h5-6,11,23H,4,7-10,12-14H2,1-3H3,(H2,20,21,22);1H. The first-order chi connectivity index (χ1) is 12.7. The van der Waals surface area contributed by atoms with Crippen molar-refractivity contribution in [2.45, 2.75) is 26.3 Å². The molecule has 7 nitrogen and oxygen atoms in total. The highest BCUT2D eigenvalue weighted by molar-refractivity contribution is 14.0. The molecule has 1 aromatic carbocycles. The van der Waals surface area contributed by atoms with E-state index in [9.17, 15) is 5.11 Å². The second-order valence-corrected chi connectivity index (χ2v) is 6.47. The first-order valence-corrected chi connectivity index (χ1v) is 9.09. The number of hydrogen-bond donors (Lipinski definition) is 3. The lowest BCUT2D eigenvalue weighted by atomic mass is 9.84. The number of nitrogens with one attached hydrogen (secondary N) is 2. The Morgan fingerprint density at radius 2 is 2.15 bits per heavy atom. The molecule has 0 saturated carbocycles. The van der Waals surface area contributed by atoms with Crippen molar-refractivity contribution >= 4 is 29.9 Å². The third-order valence-electron chi connectivity index (χ3n) is 4.67. The molecule has 0 radical (unpaired) electrons. The van der Waals surface area contributed by atoms with Crippen molar-refractivity contribution in [3.05, 3.63) is 23.8 Å². The zero-order valence-electron chi connectivity index (χ0n) is 16.4. The number of halogens is 1. The highest BCUT2D eigenvalue weighted by Gasteiger charge is 2.34. The fourth-order valence-electron chi connectivity index (χ4n) is 3.09. The van der Waals surface area contributed by atoms with E-state index in [0.29, 0.717) is 19.8 Å². The second-order valence-electron chi connectivity index (χ2n) is 6.47. The Balaban J connectivity index is 0.00000364. The van der Waals surface area contributed by atoms with Crippen LogP contribution in [-0.2, 0) is 11.3 Å². The largest absolute Gasteiger partial charge is 0.493 e. The maximum Gasteiger partial charge on any atom is 0.191 e. The number of aliphatic hydroxyl groups is 1. The van der Waals surface area contributed by atoms with Crippen LogP contribution in [-0.4, -0.2) is 58.2 Å². The molecule has 3 N–H and O–H groups in total. The number of rotatable bonds is 9. The Bertz CT molecular complexity index is 592. The Hall–Kier alpha value is -1.26. The number of ether oxygens (including phenoxy) is 3. The lowest BCUT2D eigenvalue weighted by molar-refractivity contribution is 0.127. The number of guanidine groups is 1. The SMILES string of the molecule is CCOc1cc(CNC(=NC)NCC2(CCO)CCOC2)ccc1OC.I. The number of aliphatic hydroxyl groups excluding tert-OH is 1. The molecular formula is C19H32IN3O4. The smallest absolute Gasteiger partial charge is 0.191 e. The number of benzene rings is 1. The van der Waals surface area contributed by atoms with Gasteiger partial charge in [-0.1, -0.05) is 6.07 Å². The van der Waals surface area contributed by atoms with Gasteiger partial charge in [0.2, 0.25) is 0 Å². The van der Waals surface area contributed by atoms with Gasteiger partial charge in [-0.05, 0) is 37.5 Å². The summed E-state index contributed by atoms with van der Waals surface area (Å²) in [6.07, 6.45) is 1.68. The average molecular weight is 493 g/mol. The van der Waals surface area contributed by atoms with Crippen molar-refractivity contribution in [1.29, 1.82) is 0 Å². The summed E-state index contributed by atoms with van der Waals surface area (Å²) in [4.78, 5) is 4.28. The average Bonchev–Trinajstić information content (AvgIpc) is 3.11. The molecule has 27 heavy (non-hydrogen) atoms. The van der Waals surface area contributed by atoms with Gasteiger partial charge in [-0.3, -0.25) is 4.99 Å². The van der Waals surface area contributed by atoms with Gasteiger partial charge in [-0.15, -0.1) is 24.0 Å². The van der Waals surface area contributed by atoms with Crippen molar-refractivity contribution in [3.8, 4) is 11.5 Å². The minimum absolute atomic E-state index is 0. The first-order valence-electron chi connectivity index (χ1n) is 9.09. The molecular weight excluding hydrogens is 461 g/mol. The number of hydrogen-bond acceptors (Lipinski definition) is 5. The van der Waals surface area contributed by atoms with Gasteiger partial charge in [-0.2, -0.15) is 0 Å². The topological polar surface area (TPSA) is 84.3 Å². The first kappa shape index (κ1) is 23.8. The summed E-state index contributed by atoms with van der Waals surface area (Å²) >= 11 is 0. The van der Waals surface area contributed by atoms with Crippen LogP contribution in [0.5, 0.6) is 11.5 Å². The minimum Gasteiger partial charge on any atom is -0.493 e. The van der Waals surface area contributed by atoms with E-state index >= 15 is 0 Å². The zero-order chi connectivity index (χ0) is 18.8. The van der Waals surface area contributed by atoms with Crippen LogP contribution >= 0.6 is 24.0 Å². The van der Waals surface area contributed by atoms with Gasteiger partial charge >= 0.3 is 0 Å². The third kappa shape index (κ3) is 7.00.